The van der Waals surface area contributed by atoms with Crippen molar-refractivity contribution in [1.29, 1.82) is 0 Å². The Morgan fingerprint density at radius 1 is 1.00 bits per heavy atom. The fourth-order valence-corrected chi connectivity index (χ4v) is 5.33. The SMILES string of the molecule is C[C@]12CC[C@](C)(O1)[C@@H]1C(=O)N(c3ccc([N+](=O)[O-])c4ccccc34)C(=O)[C@@H]12. The van der Waals surface area contributed by atoms with E-state index in [1.54, 1.807) is 24.3 Å². The molecule has 3 fully saturated rings. The fraction of sp³-hybridized carbons (Fsp3) is 0.400. The number of nitrogens with zero attached hydrogens (tertiary/aromatic N) is 2. The number of benzene rings is 2. The van der Waals surface area contributed by atoms with Crippen LogP contribution in [-0.2, 0) is 14.3 Å². The number of amides is 2. The summed E-state index contributed by atoms with van der Waals surface area (Å²) in [5.41, 5.74) is -0.891. The van der Waals surface area contributed by atoms with Crippen molar-refractivity contribution in [2.45, 2.75) is 37.9 Å². The molecule has 0 unspecified atom stereocenters. The van der Waals surface area contributed by atoms with Gasteiger partial charge in [0, 0.05) is 11.5 Å². The van der Waals surface area contributed by atoms with Gasteiger partial charge in [-0.25, -0.2) is 4.90 Å². The van der Waals surface area contributed by atoms with Gasteiger partial charge in [0.15, 0.2) is 0 Å². The zero-order valence-corrected chi connectivity index (χ0v) is 15.0. The van der Waals surface area contributed by atoms with Gasteiger partial charge >= 0.3 is 0 Å². The van der Waals surface area contributed by atoms with E-state index < -0.39 is 28.0 Å². The Bertz CT molecular complexity index is 1020. The Morgan fingerprint density at radius 2 is 1.56 bits per heavy atom. The van der Waals surface area contributed by atoms with Crippen LogP contribution in [0.4, 0.5) is 11.4 Å². The third kappa shape index (κ3) is 1.89. The smallest absolute Gasteiger partial charge is 0.277 e. The second-order valence-electron chi connectivity index (χ2n) is 8.10. The molecule has 0 saturated carbocycles. The van der Waals surface area contributed by atoms with Crippen molar-refractivity contribution in [1.82, 2.24) is 0 Å². The number of fused-ring (bicyclic) bond motifs is 6. The van der Waals surface area contributed by atoms with Gasteiger partial charge in [0.2, 0.25) is 11.8 Å². The highest BCUT2D eigenvalue weighted by Crippen LogP contribution is 2.61. The van der Waals surface area contributed by atoms with Crippen LogP contribution in [-0.4, -0.2) is 27.9 Å². The maximum Gasteiger partial charge on any atom is 0.277 e. The number of non-ortho nitro benzene ring substituents is 1. The van der Waals surface area contributed by atoms with Crippen LogP contribution in [0.25, 0.3) is 10.8 Å². The number of hydrogen-bond acceptors (Lipinski definition) is 5. The molecule has 5 rings (SSSR count). The normalized spacial score (nSPS) is 34.5. The molecule has 3 aliphatic rings. The van der Waals surface area contributed by atoms with E-state index >= 15 is 0 Å². The van der Waals surface area contributed by atoms with E-state index in [0.717, 1.165) is 12.8 Å². The fourth-order valence-electron chi connectivity index (χ4n) is 5.33. The van der Waals surface area contributed by atoms with E-state index in [2.05, 4.69) is 0 Å². The molecule has 0 aromatic heterocycles. The second kappa shape index (κ2) is 4.92. The van der Waals surface area contributed by atoms with Crippen molar-refractivity contribution >= 4 is 34.0 Å². The zero-order valence-electron chi connectivity index (χ0n) is 15.0. The predicted molar refractivity (Wildman–Crippen MR) is 97.2 cm³/mol. The van der Waals surface area contributed by atoms with Gasteiger partial charge in [0.1, 0.15) is 0 Å². The number of imide groups is 1. The Balaban J connectivity index is 1.69. The van der Waals surface area contributed by atoms with E-state index in [1.165, 1.54) is 17.0 Å². The molecule has 0 spiro atoms. The molecular formula is C20H18N2O5. The molecular weight excluding hydrogens is 348 g/mol. The molecule has 7 heteroatoms. The minimum Gasteiger partial charge on any atom is -0.367 e. The molecule has 138 valence electrons. The molecule has 4 atom stereocenters. The van der Waals surface area contributed by atoms with Gasteiger partial charge in [-0.15, -0.1) is 0 Å². The standard InChI is InChI=1S/C20H18N2O5/c1-19-9-10-20(2,27-19)16-15(19)17(23)21(18(16)24)13-7-8-14(22(25)26)12-6-4-3-5-11(12)13/h3-8,15-16H,9-10H2,1-2H3/t15-,16+,19-,20+. The highest BCUT2D eigenvalue weighted by molar-refractivity contribution is 6.26. The van der Waals surface area contributed by atoms with Crippen LogP contribution in [0.2, 0.25) is 0 Å². The number of hydrogen-bond donors (Lipinski definition) is 0. The zero-order chi connectivity index (χ0) is 19.1. The van der Waals surface area contributed by atoms with Crippen LogP contribution in [0, 0.1) is 22.0 Å². The lowest BCUT2D eigenvalue weighted by Crippen LogP contribution is -2.40. The van der Waals surface area contributed by atoms with Crippen LogP contribution >= 0.6 is 0 Å². The molecule has 3 aliphatic heterocycles. The average molecular weight is 366 g/mol. The summed E-state index contributed by atoms with van der Waals surface area (Å²) in [6.45, 7) is 3.82. The minimum absolute atomic E-state index is 0.0454. The maximum absolute atomic E-state index is 13.3. The molecule has 0 aliphatic carbocycles. The Morgan fingerprint density at radius 3 is 2.11 bits per heavy atom. The molecule has 27 heavy (non-hydrogen) atoms. The summed E-state index contributed by atoms with van der Waals surface area (Å²) < 4.78 is 6.12. The molecule has 2 aromatic carbocycles. The first kappa shape index (κ1) is 16.4. The lowest BCUT2D eigenvalue weighted by atomic mass is 9.69. The molecule has 2 aromatic rings. The van der Waals surface area contributed by atoms with E-state index in [0.29, 0.717) is 16.5 Å². The van der Waals surface area contributed by atoms with Crippen LogP contribution in [0.15, 0.2) is 36.4 Å². The van der Waals surface area contributed by atoms with E-state index in [9.17, 15) is 19.7 Å². The molecule has 0 N–H and O–H groups in total. The Hall–Kier alpha value is -2.80. The van der Waals surface area contributed by atoms with E-state index in [1.807, 2.05) is 13.8 Å². The average Bonchev–Trinajstić information content (AvgIpc) is 3.18. The van der Waals surface area contributed by atoms with Crippen molar-refractivity contribution in [2.75, 3.05) is 4.90 Å². The summed E-state index contributed by atoms with van der Waals surface area (Å²) >= 11 is 0. The number of nitro benzene ring substituents is 1. The Labute approximate surface area is 155 Å². The maximum atomic E-state index is 13.3. The Kier molecular flexibility index (Phi) is 2.99. The highest BCUT2D eigenvalue weighted by atomic mass is 16.6. The van der Waals surface area contributed by atoms with Crippen molar-refractivity contribution in [3.8, 4) is 0 Å². The van der Waals surface area contributed by atoms with E-state index in [-0.39, 0.29) is 17.5 Å². The van der Waals surface area contributed by atoms with Crippen molar-refractivity contribution in [3.63, 3.8) is 0 Å². The predicted octanol–water partition coefficient (Wildman–Crippen LogP) is 3.20. The summed E-state index contributed by atoms with van der Waals surface area (Å²) in [5, 5.41) is 12.3. The van der Waals surface area contributed by atoms with Gasteiger partial charge < -0.3 is 4.74 Å². The van der Waals surface area contributed by atoms with Gasteiger partial charge in [-0.1, -0.05) is 18.2 Å². The van der Waals surface area contributed by atoms with Crippen molar-refractivity contribution < 1.29 is 19.2 Å². The first-order valence-electron chi connectivity index (χ1n) is 9.01. The van der Waals surface area contributed by atoms with Crippen LogP contribution < -0.4 is 4.90 Å². The number of anilines is 1. The molecule has 7 nitrogen and oxygen atoms in total. The number of carbonyl (C=O) groups excluding carboxylic acids is 2. The second-order valence-corrected chi connectivity index (χ2v) is 8.10. The monoisotopic (exact) mass is 366 g/mol. The third-order valence-electron chi connectivity index (χ3n) is 6.52. The van der Waals surface area contributed by atoms with E-state index in [4.69, 9.17) is 4.74 Å². The third-order valence-corrected chi connectivity index (χ3v) is 6.52. The lowest BCUT2D eigenvalue weighted by molar-refractivity contribution is -0.383. The number of rotatable bonds is 2. The van der Waals surface area contributed by atoms with Gasteiger partial charge in [0.05, 0.1) is 39.0 Å². The molecule has 2 amide bonds. The minimum atomic E-state index is -0.627. The summed E-state index contributed by atoms with van der Waals surface area (Å²) in [5.74, 6) is -1.54. The molecule has 0 radical (unpaired) electrons. The van der Waals surface area contributed by atoms with Crippen LogP contribution in [0.1, 0.15) is 26.7 Å². The summed E-state index contributed by atoms with van der Waals surface area (Å²) in [4.78, 5) is 38.7. The van der Waals surface area contributed by atoms with Gasteiger partial charge in [-0.3, -0.25) is 19.7 Å². The molecule has 2 bridgehead atoms. The van der Waals surface area contributed by atoms with Gasteiger partial charge in [-0.05, 0) is 38.8 Å². The quantitative estimate of drug-likeness (QED) is 0.462. The molecule has 3 saturated heterocycles. The number of carbonyl (C=O) groups is 2. The summed E-state index contributed by atoms with van der Waals surface area (Å²) in [7, 11) is 0. The van der Waals surface area contributed by atoms with Gasteiger partial charge in [0.25, 0.3) is 5.69 Å². The number of nitro groups is 1. The van der Waals surface area contributed by atoms with Crippen LogP contribution in [0.5, 0.6) is 0 Å². The molecule has 3 heterocycles. The largest absolute Gasteiger partial charge is 0.367 e. The first-order valence-corrected chi connectivity index (χ1v) is 9.01. The van der Waals surface area contributed by atoms with Crippen LogP contribution in [0.3, 0.4) is 0 Å². The summed E-state index contributed by atoms with van der Waals surface area (Å²) in [6.07, 6.45) is 1.50. The summed E-state index contributed by atoms with van der Waals surface area (Å²) in [6, 6.07) is 9.67. The first-order chi connectivity index (χ1) is 12.8. The topological polar surface area (TPSA) is 89.8 Å². The lowest BCUT2D eigenvalue weighted by Gasteiger charge is -2.27. The highest BCUT2D eigenvalue weighted by Gasteiger charge is 2.72. The van der Waals surface area contributed by atoms with Crippen molar-refractivity contribution in [3.05, 3.63) is 46.5 Å². The van der Waals surface area contributed by atoms with Crippen molar-refractivity contribution in [2.24, 2.45) is 11.8 Å². The number of ether oxygens (including phenoxy) is 1. The van der Waals surface area contributed by atoms with Gasteiger partial charge in [-0.2, -0.15) is 0 Å².